The van der Waals surface area contributed by atoms with E-state index in [0.29, 0.717) is 0 Å². The van der Waals surface area contributed by atoms with Gasteiger partial charge in [0.15, 0.2) is 0 Å². The Morgan fingerprint density at radius 3 is 2.50 bits per heavy atom. The van der Waals surface area contributed by atoms with Crippen molar-refractivity contribution in [1.82, 2.24) is 0 Å². The first kappa shape index (κ1) is 9.30. The summed E-state index contributed by atoms with van der Waals surface area (Å²) >= 11 is -2.52. The third-order valence-electron chi connectivity index (χ3n) is 0.296. The van der Waals surface area contributed by atoms with Crippen LogP contribution in [-0.4, -0.2) is 14.2 Å². The number of halogens is 2. The van der Waals surface area contributed by atoms with Gasteiger partial charge in [0.25, 0.3) is 0 Å². The van der Waals surface area contributed by atoms with Gasteiger partial charge >= 0.3 is 68.7 Å². The summed E-state index contributed by atoms with van der Waals surface area (Å²) in [5.74, 6) is 0. The van der Waals surface area contributed by atoms with Gasteiger partial charge in [-0.3, -0.25) is 0 Å². The maximum atomic E-state index is 5.32. The number of hydrogen-bond donors (Lipinski definition) is 1. The fourth-order valence-corrected chi connectivity index (χ4v) is 3.20. The Hall–Kier alpha value is 1.30. The molecule has 0 atom stereocenters. The maximum absolute atomic E-state index is 5.32. The zero-order chi connectivity index (χ0) is 6.41. The molecule has 0 aromatic heterocycles. The Bertz CT molecular complexity index is 54.5. The standard InChI is InChI=1S/C2H8I2NO3/c1-6-3-8-4(5)7-2/h5H2,1-2H3/q-1. The van der Waals surface area contributed by atoms with E-state index in [4.69, 9.17) is 8.41 Å². The average Bonchev–Trinajstić information content (AvgIpc) is 1.83. The molecule has 0 saturated carbocycles. The van der Waals surface area contributed by atoms with E-state index < -0.39 is 43.0 Å². The van der Waals surface area contributed by atoms with Crippen LogP contribution in [0.25, 0.3) is 0 Å². The van der Waals surface area contributed by atoms with E-state index in [2.05, 4.69) is 3.07 Å². The van der Waals surface area contributed by atoms with E-state index in [1.165, 1.54) is 0 Å². The van der Waals surface area contributed by atoms with Crippen molar-refractivity contribution >= 4 is 20.9 Å². The van der Waals surface area contributed by atoms with Crippen molar-refractivity contribution < 1.29 is 29.6 Å². The third-order valence-corrected chi connectivity index (χ3v) is 5.10. The molecule has 0 saturated heterocycles. The van der Waals surface area contributed by atoms with Crippen LogP contribution in [0.3, 0.4) is 0 Å². The van der Waals surface area contributed by atoms with Gasteiger partial charge in [-0.1, -0.05) is 0 Å². The molecule has 0 aliphatic heterocycles. The van der Waals surface area contributed by atoms with E-state index in [0.717, 1.165) is 0 Å². The summed E-state index contributed by atoms with van der Waals surface area (Å²) in [6, 6.07) is 0. The van der Waals surface area contributed by atoms with Crippen molar-refractivity contribution in [3.8, 4) is 0 Å². The molecule has 4 nitrogen and oxygen atoms in total. The summed E-state index contributed by atoms with van der Waals surface area (Å²) in [7, 11) is 3.14. The van der Waals surface area contributed by atoms with E-state index in [1.807, 2.05) is 0 Å². The second-order valence-electron chi connectivity index (χ2n) is 0.671. The number of nitrogens with two attached hydrogens (primary N) is 1. The topological polar surface area (TPSA) is 53.7 Å². The van der Waals surface area contributed by atoms with Gasteiger partial charge in [-0.25, -0.2) is 0 Å². The molecule has 0 radical (unpaired) electrons. The summed E-state index contributed by atoms with van der Waals surface area (Å²) in [5.41, 5.74) is 0. The monoisotopic (exact) mass is 348 g/mol. The van der Waals surface area contributed by atoms with Gasteiger partial charge in [0.05, 0.1) is 0 Å². The van der Waals surface area contributed by atoms with Crippen LogP contribution >= 0.6 is 20.9 Å². The van der Waals surface area contributed by atoms with E-state index in [-0.39, 0.29) is 0 Å². The zero-order valence-corrected chi connectivity index (χ0v) is 8.87. The first-order valence-electron chi connectivity index (χ1n) is 1.65. The van der Waals surface area contributed by atoms with Crippen LogP contribution in [0.1, 0.15) is 0 Å². The molecule has 0 aromatic rings. The minimum absolute atomic E-state index is 0.599. The minimum atomic E-state index is -1.92. The van der Waals surface area contributed by atoms with E-state index in [9.17, 15) is 0 Å². The van der Waals surface area contributed by atoms with Crippen LogP contribution in [0.2, 0.25) is 0 Å². The van der Waals surface area contributed by atoms with Crippen molar-refractivity contribution in [2.45, 2.75) is 0 Å². The molecule has 6 heteroatoms. The second-order valence-corrected chi connectivity index (χ2v) is 6.74. The van der Waals surface area contributed by atoms with Crippen molar-refractivity contribution in [2.75, 3.05) is 14.2 Å². The van der Waals surface area contributed by atoms with Crippen LogP contribution in [-0.2, 0) is 7.53 Å². The molecule has 2 N–H and O–H groups in total. The van der Waals surface area contributed by atoms with Crippen molar-refractivity contribution in [1.29, 1.82) is 0 Å². The van der Waals surface area contributed by atoms with Gasteiger partial charge in [0.2, 0.25) is 0 Å². The van der Waals surface area contributed by atoms with Crippen molar-refractivity contribution in [3.63, 3.8) is 0 Å². The van der Waals surface area contributed by atoms with Crippen LogP contribution in [0.4, 0.5) is 0 Å². The molecule has 0 fully saturated rings. The molecule has 8 heavy (non-hydrogen) atoms. The molecule has 0 unspecified atom stereocenters. The van der Waals surface area contributed by atoms with Gasteiger partial charge in [-0.2, -0.15) is 0 Å². The number of hydrogen-bond acceptors (Lipinski definition) is 4. The Balaban J connectivity index is 2.86. The van der Waals surface area contributed by atoms with Gasteiger partial charge < -0.3 is 0 Å². The van der Waals surface area contributed by atoms with Crippen LogP contribution < -0.4 is 26.0 Å². The van der Waals surface area contributed by atoms with Crippen LogP contribution in [0.15, 0.2) is 0 Å². The molecule has 0 aliphatic rings. The van der Waals surface area contributed by atoms with Gasteiger partial charge in [-0.05, 0) is 0 Å². The first-order chi connectivity index (χ1) is 3.81. The predicted molar refractivity (Wildman–Crippen MR) is 33.3 cm³/mol. The molecular weight excluding hydrogens is 340 g/mol. The molecule has 0 bridgehead atoms. The normalized spacial score (nSPS) is 12.1. The van der Waals surface area contributed by atoms with E-state index in [1.54, 1.807) is 14.2 Å². The van der Waals surface area contributed by atoms with Crippen molar-refractivity contribution in [3.05, 3.63) is 0 Å². The van der Waals surface area contributed by atoms with Gasteiger partial charge in [-0.15, -0.1) is 0 Å². The van der Waals surface area contributed by atoms with Crippen LogP contribution in [0, 0.1) is 0 Å². The summed E-state index contributed by atoms with van der Waals surface area (Å²) in [4.78, 5) is 0. The fourth-order valence-electron chi connectivity index (χ4n) is 0.0711. The molecule has 0 heterocycles. The second kappa shape index (κ2) is 6.42. The Kier molecular flexibility index (Phi) is 7.46. The Morgan fingerprint density at radius 1 is 1.50 bits per heavy atom. The number of rotatable bonds is 4. The molecule has 54 valence electrons. The first-order valence-corrected chi connectivity index (χ1v) is 6.42. The quantitative estimate of drug-likeness (QED) is 0.448. The third kappa shape index (κ3) is 5.44. The zero-order valence-electron chi connectivity index (χ0n) is 4.56. The Labute approximate surface area is 68.2 Å². The predicted octanol–water partition coefficient (Wildman–Crippen LogP) is -2.58. The van der Waals surface area contributed by atoms with E-state index >= 15 is 0 Å². The molecule has 0 amide bonds. The van der Waals surface area contributed by atoms with Gasteiger partial charge in [0.1, 0.15) is 0 Å². The molecule has 0 spiro atoms. The van der Waals surface area contributed by atoms with Crippen molar-refractivity contribution in [2.24, 2.45) is 3.95 Å². The summed E-state index contributed by atoms with van der Waals surface area (Å²) < 4.78 is 19.7. The summed E-state index contributed by atoms with van der Waals surface area (Å²) in [6.45, 7) is 0. The molecule has 0 aliphatic carbocycles. The summed E-state index contributed by atoms with van der Waals surface area (Å²) in [6.07, 6.45) is 0. The average molecular weight is 348 g/mol. The molecule has 0 rings (SSSR count). The summed E-state index contributed by atoms with van der Waals surface area (Å²) in [5, 5.41) is 0. The van der Waals surface area contributed by atoms with Crippen LogP contribution in [0.5, 0.6) is 0 Å². The van der Waals surface area contributed by atoms with Gasteiger partial charge in [0, 0.05) is 0 Å². The Morgan fingerprint density at radius 2 is 2.12 bits per heavy atom. The fraction of sp³-hybridized carbons (Fsp3) is 1.00. The molecule has 0 aromatic carbocycles. The SMILES string of the molecule is CO[I-]OI(N)OC. The molecular formula is C2H8I2NO3-.